The monoisotopic (exact) mass is 483 g/mol. The molecule has 2 fully saturated rings. The van der Waals surface area contributed by atoms with Gasteiger partial charge in [0.15, 0.2) is 0 Å². The topological polar surface area (TPSA) is 125 Å². The van der Waals surface area contributed by atoms with Gasteiger partial charge in [-0.25, -0.2) is 5.01 Å². The van der Waals surface area contributed by atoms with Crippen molar-refractivity contribution in [3.8, 4) is 0 Å². The molecule has 0 aromatic heterocycles. The Morgan fingerprint density at radius 1 is 1.17 bits per heavy atom. The number of hydrazine groups is 1. The number of fused-ring (bicyclic) bond motifs is 1. The molecule has 35 heavy (non-hydrogen) atoms. The van der Waals surface area contributed by atoms with Crippen LogP contribution in [0.15, 0.2) is 42.6 Å². The number of carbonyl (C=O) groups excluding carboxylic acids is 4. The molecule has 0 saturated carbocycles. The van der Waals surface area contributed by atoms with Crippen molar-refractivity contribution in [2.75, 3.05) is 19.7 Å². The van der Waals surface area contributed by atoms with Gasteiger partial charge in [0.05, 0.1) is 6.54 Å². The normalized spacial score (nSPS) is 19.4. The molecule has 0 unspecified atom stereocenters. The molecule has 2 heterocycles. The fourth-order valence-electron chi connectivity index (χ4n) is 4.17. The van der Waals surface area contributed by atoms with Crippen molar-refractivity contribution in [3.05, 3.63) is 48.2 Å². The van der Waals surface area contributed by atoms with E-state index in [0.717, 1.165) is 17.7 Å². The van der Waals surface area contributed by atoms with E-state index < -0.39 is 18.1 Å². The number of hydrogen-bond donors (Lipinski definition) is 2. The summed E-state index contributed by atoms with van der Waals surface area (Å²) in [5, 5.41) is 8.84. The molecule has 2 N–H and O–H groups in total. The molecular formula is C24H32BN4O6. The predicted molar refractivity (Wildman–Crippen MR) is 128 cm³/mol. The Labute approximate surface area is 206 Å². The van der Waals surface area contributed by atoms with Crippen LogP contribution >= 0.6 is 0 Å². The second-order valence-corrected chi connectivity index (χ2v) is 8.31. The number of ether oxygens (including phenoxy) is 1. The quantitative estimate of drug-likeness (QED) is 0.318. The molecule has 1 aromatic rings. The van der Waals surface area contributed by atoms with E-state index in [2.05, 4.69) is 24.9 Å². The summed E-state index contributed by atoms with van der Waals surface area (Å²) in [6.45, 7) is 6.23. The summed E-state index contributed by atoms with van der Waals surface area (Å²) >= 11 is 0. The minimum atomic E-state index is -0.718. The second-order valence-electron chi connectivity index (χ2n) is 8.31. The summed E-state index contributed by atoms with van der Waals surface area (Å²) in [4.78, 5) is 49.8. The van der Waals surface area contributed by atoms with E-state index in [0.29, 0.717) is 32.2 Å². The van der Waals surface area contributed by atoms with Gasteiger partial charge < -0.3 is 15.4 Å². The molecule has 2 aliphatic rings. The summed E-state index contributed by atoms with van der Waals surface area (Å²) in [5.74, 6) is -1.24. The molecule has 3 rings (SSSR count). The molecule has 3 amide bonds. The number of esters is 1. The molecule has 2 aliphatic heterocycles. The number of aryl methyl sites for hydroxylation is 1. The van der Waals surface area contributed by atoms with Gasteiger partial charge in [-0.3, -0.25) is 24.2 Å². The summed E-state index contributed by atoms with van der Waals surface area (Å²) < 4.78 is 12.6. The third kappa shape index (κ3) is 8.05. The van der Waals surface area contributed by atoms with Crippen molar-refractivity contribution < 1.29 is 28.6 Å². The molecule has 1 radical (unpaired) electrons. The van der Waals surface area contributed by atoms with Crippen LogP contribution in [0, 0.1) is 0 Å². The van der Waals surface area contributed by atoms with Gasteiger partial charge in [-0.15, -0.1) is 0 Å². The Bertz CT molecular complexity index is 913. The Balaban J connectivity index is 0.00000210. The van der Waals surface area contributed by atoms with E-state index in [-0.39, 0.29) is 37.3 Å². The second kappa shape index (κ2) is 14.0. The van der Waals surface area contributed by atoms with Crippen LogP contribution in [0.5, 0.6) is 0 Å². The van der Waals surface area contributed by atoms with Crippen molar-refractivity contribution in [2.45, 2.75) is 57.5 Å². The number of hydrogen-bond acceptors (Lipinski definition) is 7. The van der Waals surface area contributed by atoms with Crippen molar-refractivity contribution in [2.24, 2.45) is 0 Å². The van der Waals surface area contributed by atoms with E-state index in [1.165, 1.54) is 11.9 Å². The average Bonchev–Trinajstić information content (AvgIpc) is 2.99. The van der Waals surface area contributed by atoms with E-state index in [1.54, 1.807) is 5.01 Å². The third-order valence-corrected chi connectivity index (χ3v) is 5.84. The molecule has 2 saturated heterocycles. The molecule has 1 aromatic carbocycles. The van der Waals surface area contributed by atoms with Crippen molar-refractivity contribution in [1.29, 1.82) is 0 Å². The van der Waals surface area contributed by atoms with Crippen LogP contribution in [0.3, 0.4) is 0 Å². The van der Waals surface area contributed by atoms with E-state index in [9.17, 15) is 19.2 Å². The van der Waals surface area contributed by atoms with Gasteiger partial charge >= 0.3 is 18.4 Å². The third-order valence-electron chi connectivity index (χ3n) is 5.84. The van der Waals surface area contributed by atoms with Crippen LogP contribution in [-0.4, -0.2) is 73.2 Å². The zero-order chi connectivity index (χ0) is 25.8. The van der Waals surface area contributed by atoms with Gasteiger partial charge in [-0.1, -0.05) is 36.9 Å². The van der Waals surface area contributed by atoms with Gasteiger partial charge in [-0.2, -0.15) is 0 Å². The van der Waals surface area contributed by atoms with E-state index in [4.69, 9.17) is 9.44 Å². The average molecular weight is 483 g/mol. The van der Waals surface area contributed by atoms with Crippen molar-refractivity contribution in [1.82, 2.24) is 20.7 Å². The van der Waals surface area contributed by atoms with E-state index in [1.807, 2.05) is 30.3 Å². The molecule has 187 valence electrons. The molecular weight excluding hydrogens is 451 g/mol. The Morgan fingerprint density at radius 2 is 1.89 bits per heavy atom. The summed E-state index contributed by atoms with van der Waals surface area (Å²) in [6, 6.07) is 8.28. The molecule has 0 bridgehead atoms. The first-order valence-corrected chi connectivity index (χ1v) is 11.6. The zero-order valence-electron chi connectivity index (χ0n) is 20.0. The number of rotatable bonds is 8. The molecule has 11 heteroatoms. The number of amides is 3. The SMILES string of the molecule is C=C1CC[C@H](NC(=O)CCc2ccccc2)C(=O)N2[C@H](C(=O)NCCOC(C)=O)CCCN12.[B]=O. The number of nitrogens with one attached hydrogen (secondary N) is 2. The first-order valence-electron chi connectivity index (χ1n) is 11.6. The van der Waals surface area contributed by atoms with Crippen LogP contribution in [-0.2, 0) is 35.0 Å². The predicted octanol–water partition coefficient (Wildman–Crippen LogP) is 0.799. The standard InChI is InChI=1S/C24H32N4O5.BO/c1-17-10-12-20(26-22(30)13-11-19-7-4-3-5-8-19)24(32)28-21(9-6-15-27(17)28)23(31)25-14-16-33-18(2)29;1-2/h3-5,7-8,20-21H,1,6,9-16H2,2H3,(H,25,31)(H,26,30);/t20-,21-;/m0./s1. The van der Waals surface area contributed by atoms with Gasteiger partial charge in [0.2, 0.25) is 11.8 Å². The van der Waals surface area contributed by atoms with E-state index >= 15 is 0 Å². The van der Waals surface area contributed by atoms with Gasteiger partial charge in [-0.05, 0) is 37.7 Å². The minimum absolute atomic E-state index is 0.0677. The maximum absolute atomic E-state index is 13.4. The van der Waals surface area contributed by atoms with Crippen LogP contribution in [0.2, 0.25) is 0 Å². The Morgan fingerprint density at radius 3 is 2.57 bits per heavy atom. The number of allylic oxidation sites excluding steroid dienone is 1. The van der Waals surface area contributed by atoms with Crippen molar-refractivity contribution in [3.63, 3.8) is 0 Å². The first kappa shape index (κ1) is 27.7. The molecule has 2 atom stereocenters. The first-order chi connectivity index (χ1) is 16.9. The van der Waals surface area contributed by atoms with Gasteiger partial charge in [0.25, 0.3) is 5.91 Å². The summed E-state index contributed by atoms with van der Waals surface area (Å²) in [5.41, 5.74) is 1.81. The summed E-state index contributed by atoms with van der Waals surface area (Å²) in [6.07, 6.45) is 3.08. The van der Waals surface area contributed by atoms with Crippen LogP contribution in [0.1, 0.15) is 44.6 Å². The van der Waals surface area contributed by atoms with Gasteiger partial charge in [0, 0.05) is 25.6 Å². The fraction of sp³-hybridized carbons (Fsp3) is 0.500. The number of carbonyl (C=O) groups is 4. The maximum atomic E-state index is 13.4. The molecule has 0 spiro atoms. The van der Waals surface area contributed by atoms with Crippen LogP contribution in [0.25, 0.3) is 0 Å². The van der Waals surface area contributed by atoms with Crippen molar-refractivity contribution >= 4 is 31.4 Å². The van der Waals surface area contributed by atoms with Crippen LogP contribution < -0.4 is 10.6 Å². The number of nitrogens with zero attached hydrogens (tertiary/aromatic N) is 2. The Hall–Kier alpha value is -3.50. The molecule has 10 nitrogen and oxygen atoms in total. The molecule has 0 aliphatic carbocycles. The Kier molecular flexibility index (Phi) is 11.1. The summed E-state index contributed by atoms with van der Waals surface area (Å²) in [7, 11) is 3.25. The van der Waals surface area contributed by atoms with Gasteiger partial charge in [0.1, 0.15) is 18.7 Å². The zero-order valence-corrected chi connectivity index (χ0v) is 20.0. The fourth-order valence-corrected chi connectivity index (χ4v) is 4.17. The van der Waals surface area contributed by atoms with Crippen LogP contribution in [0.4, 0.5) is 0 Å². The number of benzene rings is 1.